The van der Waals surface area contributed by atoms with Gasteiger partial charge >= 0.3 is 0 Å². The van der Waals surface area contributed by atoms with Crippen molar-refractivity contribution < 1.29 is 9.18 Å². The zero-order valence-corrected chi connectivity index (χ0v) is 14.3. The van der Waals surface area contributed by atoms with Crippen LogP contribution in [0.2, 0.25) is 0 Å². The predicted octanol–water partition coefficient (Wildman–Crippen LogP) is 2.84. The molecule has 1 aromatic heterocycles. The number of nitrogens with one attached hydrogen (secondary N) is 1. The largest absolute Gasteiger partial charge is 0.335 e. The second-order valence-electron chi connectivity index (χ2n) is 5.39. The first kappa shape index (κ1) is 17.0. The van der Waals surface area contributed by atoms with Crippen LogP contribution in [0.3, 0.4) is 0 Å². The second kappa shape index (κ2) is 7.35. The average Bonchev–Trinajstić information content (AvgIpc) is 2.97. The highest BCUT2D eigenvalue weighted by molar-refractivity contribution is 7.99. The van der Waals surface area contributed by atoms with Crippen LogP contribution in [0.4, 0.5) is 10.1 Å². The van der Waals surface area contributed by atoms with Crippen molar-refractivity contribution in [3.05, 3.63) is 59.9 Å². The van der Waals surface area contributed by atoms with Crippen LogP contribution >= 0.6 is 11.8 Å². The monoisotopic (exact) mass is 357 g/mol. The van der Waals surface area contributed by atoms with Crippen LogP contribution in [0.1, 0.15) is 5.56 Å². The molecule has 0 aliphatic carbocycles. The van der Waals surface area contributed by atoms with Crippen molar-refractivity contribution in [1.29, 1.82) is 0 Å². The molecule has 0 atom stereocenters. The van der Waals surface area contributed by atoms with E-state index in [4.69, 9.17) is 5.84 Å². The van der Waals surface area contributed by atoms with Crippen molar-refractivity contribution in [3.8, 4) is 11.4 Å². The third kappa shape index (κ3) is 4.16. The molecule has 3 aromatic rings. The number of aromatic nitrogens is 3. The number of rotatable bonds is 5. The number of thioether (sulfide) groups is 1. The first-order chi connectivity index (χ1) is 12.0. The Morgan fingerprint density at radius 2 is 1.84 bits per heavy atom. The van der Waals surface area contributed by atoms with E-state index in [0.717, 1.165) is 11.1 Å². The Hall–Kier alpha value is -2.87. The molecule has 3 rings (SSSR count). The van der Waals surface area contributed by atoms with Crippen LogP contribution in [-0.2, 0) is 4.79 Å². The smallest absolute Gasteiger partial charge is 0.234 e. The number of anilines is 1. The Balaban J connectivity index is 1.62. The molecule has 0 bridgehead atoms. The van der Waals surface area contributed by atoms with E-state index in [1.165, 1.54) is 40.7 Å². The van der Waals surface area contributed by atoms with Crippen molar-refractivity contribution in [2.24, 2.45) is 0 Å². The van der Waals surface area contributed by atoms with Gasteiger partial charge in [-0.3, -0.25) is 4.79 Å². The van der Waals surface area contributed by atoms with E-state index in [9.17, 15) is 9.18 Å². The lowest BCUT2D eigenvalue weighted by Crippen LogP contribution is -2.16. The Morgan fingerprint density at radius 3 is 2.52 bits per heavy atom. The molecule has 0 spiro atoms. The molecule has 25 heavy (non-hydrogen) atoms. The molecule has 0 saturated heterocycles. The maximum atomic E-state index is 12.9. The van der Waals surface area contributed by atoms with E-state index in [1.54, 1.807) is 0 Å². The Labute approximate surface area is 148 Å². The minimum Gasteiger partial charge on any atom is -0.335 e. The average molecular weight is 357 g/mol. The molecule has 0 aliphatic rings. The van der Waals surface area contributed by atoms with Crippen molar-refractivity contribution in [3.63, 3.8) is 0 Å². The van der Waals surface area contributed by atoms with Crippen molar-refractivity contribution in [2.45, 2.75) is 12.1 Å². The summed E-state index contributed by atoms with van der Waals surface area (Å²) in [5, 5.41) is 11.2. The van der Waals surface area contributed by atoms with Gasteiger partial charge in [0.1, 0.15) is 5.82 Å². The Morgan fingerprint density at radius 1 is 1.16 bits per heavy atom. The van der Waals surface area contributed by atoms with E-state index >= 15 is 0 Å². The van der Waals surface area contributed by atoms with Crippen LogP contribution in [0, 0.1) is 12.7 Å². The highest BCUT2D eigenvalue weighted by Gasteiger charge is 2.13. The molecule has 128 valence electrons. The van der Waals surface area contributed by atoms with Crippen LogP contribution in [0.15, 0.2) is 53.7 Å². The quantitative estimate of drug-likeness (QED) is 0.542. The second-order valence-corrected chi connectivity index (χ2v) is 6.33. The lowest BCUT2D eigenvalue weighted by atomic mass is 10.1. The molecule has 2 aromatic carbocycles. The molecule has 6 nitrogen and oxygen atoms in total. The van der Waals surface area contributed by atoms with Gasteiger partial charge in [-0.25, -0.2) is 9.07 Å². The number of benzene rings is 2. The van der Waals surface area contributed by atoms with E-state index in [0.29, 0.717) is 16.7 Å². The van der Waals surface area contributed by atoms with Crippen LogP contribution < -0.4 is 11.2 Å². The summed E-state index contributed by atoms with van der Waals surface area (Å²) in [7, 11) is 0. The van der Waals surface area contributed by atoms with Gasteiger partial charge in [0.15, 0.2) is 5.82 Å². The van der Waals surface area contributed by atoms with Crippen molar-refractivity contribution in [1.82, 2.24) is 14.9 Å². The fraction of sp³-hybridized carbons (Fsp3) is 0.118. The molecule has 1 amide bonds. The first-order valence-electron chi connectivity index (χ1n) is 7.48. The predicted molar refractivity (Wildman–Crippen MR) is 96.1 cm³/mol. The third-order valence-electron chi connectivity index (χ3n) is 3.43. The normalized spacial score (nSPS) is 10.6. The van der Waals surface area contributed by atoms with Gasteiger partial charge < -0.3 is 11.2 Å². The van der Waals surface area contributed by atoms with Gasteiger partial charge in [-0.15, -0.1) is 10.2 Å². The SMILES string of the molecule is Cc1ccc(-c2nnc(SCC(=O)Nc3ccc(F)cc3)n2N)cc1. The Bertz CT molecular complexity index is 877. The van der Waals surface area contributed by atoms with Crippen LogP contribution in [-0.4, -0.2) is 26.5 Å². The summed E-state index contributed by atoms with van der Waals surface area (Å²) in [6, 6.07) is 13.3. The fourth-order valence-electron chi connectivity index (χ4n) is 2.14. The third-order valence-corrected chi connectivity index (χ3v) is 4.38. The number of nitrogens with two attached hydrogens (primary N) is 1. The first-order valence-corrected chi connectivity index (χ1v) is 8.47. The highest BCUT2D eigenvalue weighted by Crippen LogP contribution is 2.22. The van der Waals surface area contributed by atoms with Crippen molar-refractivity contribution in [2.75, 3.05) is 16.9 Å². The van der Waals surface area contributed by atoms with Gasteiger partial charge in [0.25, 0.3) is 0 Å². The summed E-state index contributed by atoms with van der Waals surface area (Å²) in [5.41, 5.74) is 2.52. The molecular weight excluding hydrogens is 341 g/mol. The van der Waals surface area contributed by atoms with E-state index in [1.807, 2.05) is 31.2 Å². The number of hydrogen-bond acceptors (Lipinski definition) is 5. The lowest BCUT2D eigenvalue weighted by molar-refractivity contribution is -0.113. The zero-order valence-electron chi connectivity index (χ0n) is 13.4. The topological polar surface area (TPSA) is 85.8 Å². The summed E-state index contributed by atoms with van der Waals surface area (Å²) < 4.78 is 14.2. The number of nitrogens with zero attached hydrogens (tertiary/aromatic N) is 3. The van der Waals surface area contributed by atoms with Gasteiger partial charge in [0.05, 0.1) is 5.75 Å². The summed E-state index contributed by atoms with van der Waals surface area (Å²) >= 11 is 1.17. The molecule has 3 N–H and O–H groups in total. The molecule has 0 unspecified atom stereocenters. The highest BCUT2D eigenvalue weighted by atomic mass is 32.2. The number of carbonyl (C=O) groups is 1. The van der Waals surface area contributed by atoms with Crippen LogP contribution in [0.5, 0.6) is 0 Å². The van der Waals surface area contributed by atoms with Gasteiger partial charge in [-0.05, 0) is 31.2 Å². The van der Waals surface area contributed by atoms with E-state index < -0.39 is 0 Å². The molecule has 0 saturated carbocycles. The van der Waals surface area contributed by atoms with E-state index in [2.05, 4.69) is 15.5 Å². The maximum absolute atomic E-state index is 12.9. The van der Waals surface area contributed by atoms with Gasteiger partial charge in [0, 0.05) is 11.3 Å². The minimum absolute atomic E-state index is 0.112. The van der Waals surface area contributed by atoms with Gasteiger partial charge in [-0.1, -0.05) is 41.6 Å². The number of hydrogen-bond donors (Lipinski definition) is 2. The van der Waals surface area contributed by atoms with Crippen molar-refractivity contribution >= 4 is 23.4 Å². The van der Waals surface area contributed by atoms with Gasteiger partial charge in [-0.2, -0.15) is 0 Å². The number of aryl methyl sites for hydroxylation is 1. The molecular formula is C17H16FN5OS. The Kier molecular flexibility index (Phi) is 4.99. The molecule has 0 fully saturated rings. The summed E-state index contributed by atoms with van der Waals surface area (Å²) in [4.78, 5) is 12.0. The molecule has 0 aliphatic heterocycles. The molecule has 8 heteroatoms. The fourth-order valence-corrected chi connectivity index (χ4v) is 2.79. The lowest BCUT2D eigenvalue weighted by Gasteiger charge is -2.05. The number of carbonyl (C=O) groups excluding carboxylic acids is 1. The standard InChI is InChI=1S/C17H16FN5OS/c1-11-2-4-12(5-3-11)16-21-22-17(23(16)19)25-10-15(24)20-14-8-6-13(18)7-9-14/h2-9H,10,19H2,1H3,(H,20,24). The zero-order chi connectivity index (χ0) is 17.8. The minimum atomic E-state index is -0.354. The number of amides is 1. The van der Waals surface area contributed by atoms with Gasteiger partial charge in [0.2, 0.25) is 11.1 Å². The summed E-state index contributed by atoms with van der Waals surface area (Å²) in [5.74, 6) is 6.07. The molecule has 0 radical (unpaired) electrons. The van der Waals surface area contributed by atoms with Crippen LogP contribution in [0.25, 0.3) is 11.4 Å². The number of nitrogen functional groups attached to an aromatic ring is 1. The summed E-state index contributed by atoms with van der Waals surface area (Å²) in [6.07, 6.45) is 0. The number of halogens is 1. The van der Waals surface area contributed by atoms with E-state index in [-0.39, 0.29) is 17.5 Å². The maximum Gasteiger partial charge on any atom is 0.234 e. The summed E-state index contributed by atoms with van der Waals surface area (Å²) in [6.45, 7) is 2.00. The molecule has 1 heterocycles.